The van der Waals surface area contributed by atoms with E-state index in [1.165, 1.54) is 12.8 Å². The predicted molar refractivity (Wildman–Crippen MR) is 59.2 cm³/mol. The van der Waals surface area contributed by atoms with Crippen molar-refractivity contribution in [2.24, 2.45) is 17.8 Å². The van der Waals surface area contributed by atoms with Gasteiger partial charge < -0.3 is 4.74 Å². The van der Waals surface area contributed by atoms with Crippen molar-refractivity contribution in [3.63, 3.8) is 0 Å². The van der Waals surface area contributed by atoms with Gasteiger partial charge in [0.05, 0.1) is 0 Å². The first-order valence-corrected chi connectivity index (χ1v) is 5.62. The standard InChI is InChI=1S/C13H18O2/c1-8(2)13(14)15-9(3)12-7-10-4-5-11(12)6-10/h4-5,9-12H,1,6-7H2,2-3H3. The summed E-state index contributed by atoms with van der Waals surface area (Å²) in [6.45, 7) is 7.28. The summed E-state index contributed by atoms with van der Waals surface area (Å²) in [6, 6.07) is 0. The number of hydrogen-bond donors (Lipinski definition) is 0. The maximum Gasteiger partial charge on any atom is 0.333 e. The van der Waals surface area contributed by atoms with Crippen LogP contribution in [-0.2, 0) is 9.53 Å². The van der Waals surface area contributed by atoms with Gasteiger partial charge in [-0.15, -0.1) is 0 Å². The van der Waals surface area contributed by atoms with Crippen LogP contribution in [0.25, 0.3) is 0 Å². The Balaban J connectivity index is 1.92. The number of hydrogen-bond acceptors (Lipinski definition) is 2. The molecule has 0 spiro atoms. The summed E-state index contributed by atoms with van der Waals surface area (Å²) in [7, 11) is 0. The fraction of sp³-hybridized carbons (Fsp3) is 0.615. The predicted octanol–water partition coefficient (Wildman–Crippen LogP) is 2.71. The van der Waals surface area contributed by atoms with Crippen molar-refractivity contribution in [3.05, 3.63) is 24.3 Å². The van der Waals surface area contributed by atoms with Crippen LogP contribution in [0.3, 0.4) is 0 Å². The zero-order chi connectivity index (χ0) is 11.0. The normalized spacial score (nSPS) is 34.1. The van der Waals surface area contributed by atoms with Crippen LogP contribution in [0, 0.1) is 17.8 Å². The number of rotatable bonds is 3. The molecule has 15 heavy (non-hydrogen) atoms. The van der Waals surface area contributed by atoms with Crippen LogP contribution in [0.2, 0.25) is 0 Å². The molecular formula is C13H18O2. The smallest absolute Gasteiger partial charge is 0.333 e. The molecule has 2 heteroatoms. The molecule has 1 saturated carbocycles. The lowest BCUT2D eigenvalue weighted by molar-refractivity contribution is -0.146. The van der Waals surface area contributed by atoms with Crippen LogP contribution in [0.15, 0.2) is 24.3 Å². The molecule has 0 N–H and O–H groups in total. The highest BCUT2D eigenvalue weighted by Crippen LogP contribution is 2.45. The number of ether oxygens (including phenoxy) is 1. The van der Waals surface area contributed by atoms with Crippen LogP contribution < -0.4 is 0 Å². The van der Waals surface area contributed by atoms with Gasteiger partial charge in [0.2, 0.25) is 0 Å². The Morgan fingerprint density at radius 3 is 2.67 bits per heavy atom. The molecular weight excluding hydrogens is 188 g/mol. The van der Waals surface area contributed by atoms with Gasteiger partial charge in [-0.2, -0.15) is 0 Å². The van der Waals surface area contributed by atoms with Crippen molar-refractivity contribution in [2.45, 2.75) is 32.8 Å². The van der Waals surface area contributed by atoms with Crippen molar-refractivity contribution in [3.8, 4) is 0 Å². The molecule has 2 bridgehead atoms. The SMILES string of the molecule is C=C(C)C(=O)OC(C)C1CC2C=CC1C2. The Morgan fingerprint density at radius 1 is 1.47 bits per heavy atom. The number of carbonyl (C=O) groups excluding carboxylic acids is 1. The van der Waals surface area contributed by atoms with Crippen LogP contribution in [0.5, 0.6) is 0 Å². The quantitative estimate of drug-likeness (QED) is 0.403. The minimum absolute atomic E-state index is 0.0224. The number of esters is 1. The number of fused-ring (bicyclic) bond motifs is 2. The average Bonchev–Trinajstić information content (AvgIpc) is 2.78. The van der Waals surface area contributed by atoms with Gasteiger partial charge in [0, 0.05) is 11.5 Å². The lowest BCUT2D eigenvalue weighted by Gasteiger charge is -2.25. The highest BCUT2D eigenvalue weighted by molar-refractivity contribution is 5.87. The second-order valence-electron chi connectivity index (χ2n) is 4.83. The molecule has 2 aliphatic carbocycles. The second-order valence-corrected chi connectivity index (χ2v) is 4.83. The van der Waals surface area contributed by atoms with E-state index in [0.29, 0.717) is 17.4 Å². The summed E-state index contributed by atoms with van der Waals surface area (Å²) in [4.78, 5) is 11.4. The molecule has 2 rings (SSSR count). The lowest BCUT2D eigenvalue weighted by Crippen LogP contribution is -2.27. The molecule has 0 amide bonds. The van der Waals surface area contributed by atoms with Gasteiger partial charge in [0.25, 0.3) is 0 Å². The maximum atomic E-state index is 11.4. The zero-order valence-electron chi connectivity index (χ0n) is 9.40. The van der Waals surface area contributed by atoms with Gasteiger partial charge in [-0.3, -0.25) is 0 Å². The molecule has 4 atom stereocenters. The van der Waals surface area contributed by atoms with Gasteiger partial charge >= 0.3 is 5.97 Å². The largest absolute Gasteiger partial charge is 0.459 e. The molecule has 0 aliphatic heterocycles. The monoisotopic (exact) mass is 206 g/mol. The van der Waals surface area contributed by atoms with Crippen LogP contribution in [-0.4, -0.2) is 12.1 Å². The average molecular weight is 206 g/mol. The zero-order valence-corrected chi connectivity index (χ0v) is 9.40. The van der Waals surface area contributed by atoms with Crippen molar-refractivity contribution in [1.29, 1.82) is 0 Å². The van der Waals surface area contributed by atoms with Gasteiger partial charge in [0.15, 0.2) is 0 Å². The van der Waals surface area contributed by atoms with E-state index in [1.54, 1.807) is 6.92 Å². The van der Waals surface area contributed by atoms with Crippen LogP contribution >= 0.6 is 0 Å². The van der Waals surface area contributed by atoms with Crippen molar-refractivity contribution < 1.29 is 9.53 Å². The Hall–Kier alpha value is -1.05. The Kier molecular flexibility index (Phi) is 2.68. The summed E-state index contributed by atoms with van der Waals surface area (Å²) in [5, 5.41) is 0. The van der Waals surface area contributed by atoms with E-state index in [1.807, 2.05) is 6.92 Å². The maximum absolute atomic E-state index is 11.4. The van der Waals surface area contributed by atoms with Gasteiger partial charge in [-0.05, 0) is 38.5 Å². The molecule has 2 aliphatic rings. The van der Waals surface area contributed by atoms with Crippen LogP contribution in [0.1, 0.15) is 26.7 Å². The molecule has 0 aromatic rings. The molecule has 2 nitrogen and oxygen atoms in total. The minimum atomic E-state index is -0.255. The highest BCUT2D eigenvalue weighted by atomic mass is 16.5. The van der Waals surface area contributed by atoms with Crippen molar-refractivity contribution in [1.82, 2.24) is 0 Å². The molecule has 0 saturated heterocycles. The van der Waals surface area contributed by atoms with E-state index >= 15 is 0 Å². The molecule has 82 valence electrons. The third-order valence-corrected chi connectivity index (χ3v) is 3.57. The van der Waals surface area contributed by atoms with Crippen molar-refractivity contribution >= 4 is 5.97 Å². The molecule has 1 fully saturated rings. The van der Waals surface area contributed by atoms with E-state index in [0.717, 1.165) is 5.92 Å². The molecule has 0 radical (unpaired) electrons. The fourth-order valence-electron chi connectivity index (χ4n) is 2.72. The molecule has 4 unspecified atom stereocenters. The summed E-state index contributed by atoms with van der Waals surface area (Å²) in [5.41, 5.74) is 0.487. The number of carbonyl (C=O) groups is 1. The first-order chi connectivity index (χ1) is 7.08. The Bertz CT molecular complexity index is 316. The van der Waals surface area contributed by atoms with Gasteiger partial charge in [-0.1, -0.05) is 18.7 Å². The third kappa shape index (κ3) is 1.99. The second kappa shape index (κ2) is 3.84. The van der Waals surface area contributed by atoms with E-state index in [2.05, 4.69) is 18.7 Å². The molecule has 0 heterocycles. The van der Waals surface area contributed by atoms with E-state index in [9.17, 15) is 4.79 Å². The van der Waals surface area contributed by atoms with Crippen LogP contribution in [0.4, 0.5) is 0 Å². The summed E-state index contributed by atoms with van der Waals surface area (Å²) < 4.78 is 5.38. The van der Waals surface area contributed by atoms with E-state index in [-0.39, 0.29) is 12.1 Å². The molecule has 0 aromatic carbocycles. The number of allylic oxidation sites excluding steroid dienone is 2. The first kappa shape index (κ1) is 10.5. The topological polar surface area (TPSA) is 26.3 Å². The summed E-state index contributed by atoms with van der Waals surface area (Å²) >= 11 is 0. The van der Waals surface area contributed by atoms with Crippen molar-refractivity contribution in [2.75, 3.05) is 0 Å². The highest BCUT2D eigenvalue weighted by Gasteiger charge is 2.39. The van der Waals surface area contributed by atoms with Gasteiger partial charge in [-0.25, -0.2) is 4.79 Å². The van der Waals surface area contributed by atoms with E-state index < -0.39 is 0 Å². The minimum Gasteiger partial charge on any atom is -0.459 e. The molecule has 0 aromatic heterocycles. The summed E-state index contributed by atoms with van der Waals surface area (Å²) in [5.74, 6) is 1.62. The fourth-order valence-corrected chi connectivity index (χ4v) is 2.72. The lowest BCUT2D eigenvalue weighted by atomic mass is 9.89. The van der Waals surface area contributed by atoms with E-state index in [4.69, 9.17) is 4.74 Å². The van der Waals surface area contributed by atoms with Gasteiger partial charge in [0.1, 0.15) is 6.10 Å². The Labute approximate surface area is 91.0 Å². The summed E-state index contributed by atoms with van der Waals surface area (Å²) in [6.07, 6.45) is 7.03. The first-order valence-electron chi connectivity index (χ1n) is 5.62. The Morgan fingerprint density at radius 2 is 2.20 bits per heavy atom. The third-order valence-electron chi connectivity index (χ3n) is 3.57.